The first-order chi connectivity index (χ1) is 13.7. The van der Waals surface area contributed by atoms with Gasteiger partial charge in [0.2, 0.25) is 0 Å². The number of nitrogens with one attached hydrogen (secondary N) is 1. The van der Waals surface area contributed by atoms with Gasteiger partial charge in [0.1, 0.15) is 12.4 Å². The van der Waals surface area contributed by atoms with Crippen LogP contribution in [0.2, 0.25) is 0 Å². The zero-order chi connectivity index (χ0) is 19.6. The molecule has 0 spiro atoms. The second kappa shape index (κ2) is 9.72. The quantitative estimate of drug-likeness (QED) is 0.409. The van der Waals surface area contributed by atoms with Crippen molar-refractivity contribution in [3.8, 4) is 5.75 Å². The Morgan fingerprint density at radius 2 is 1.79 bits per heavy atom. The first kappa shape index (κ1) is 18.9. The first-order valence-electron chi connectivity index (χ1n) is 8.61. The number of benzene rings is 1. The average Bonchev–Trinajstić information content (AvgIpc) is 2.74. The van der Waals surface area contributed by atoms with Crippen molar-refractivity contribution in [3.05, 3.63) is 90.0 Å². The van der Waals surface area contributed by atoms with Crippen LogP contribution in [0.4, 0.5) is 0 Å². The van der Waals surface area contributed by atoms with Gasteiger partial charge < -0.3 is 4.74 Å². The third-order valence-electron chi connectivity index (χ3n) is 3.66. The zero-order valence-corrected chi connectivity index (χ0v) is 15.3. The minimum atomic E-state index is -0.352. The maximum Gasteiger partial charge on any atom is 0.271 e. The van der Waals surface area contributed by atoms with Gasteiger partial charge in [0.05, 0.1) is 0 Å². The van der Waals surface area contributed by atoms with E-state index in [1.807, 2.05) is 43.3 Å². The lowest BCUT2D eigenvalue weighted by Crippen LogP contribution is -2.21. The van der Waals surface area contributed by atoms with Crippen LogP contribution in [0.3, 0.4) is 0 Å². The molecule has 1 aromatic carbocycles. The highest BCUT2D eigenvalue weighted by molar-refractivity contribution is 5.98. The average molecular weight is 373 g/mol. The number of hydrogen-bond acceptors (Lipinski definition) is 5. The van der Waals surface area contributed by atoms with Crippen molar-refractivity contribution < 1.29 is 9.53 Å². The minimum Gasteiger partial charge on any atom is -0.486 e. The second-order valence-electron chi connectivity index (χ2n) is 5.85. The van der Waals surface area contributed by atoms with Crippen LogP contribution in [0.1, 0.15) is 21.5 Å². The molecule has 7 heteroatoms. The smallest absolute Gasteiger partial charge is 0.271 e. The van der Waals surface area contributed by atoms with Gasteiger partial charge in [-0.1, -0.05) is 12.1 Å². The predicted molar refractivity (Wildman–Crippen MR) is 108 cm³/mol. The fraction of sp³-hybridized carbons (Fsp3) is 0.0952. The summed E-state index contributed by atoms with van der Waals surface area (Å²) in [6.45, 7) is 2.08. The number of rotatable bonds is 6. The maximum atomic E-state index is 12.2. The maximum absolute atomic E-state index is 12.2. The summed E-state index contributed by atoms with van der Waals surface area (Å²) in [6.07, 6.45) is 8.07. The molecule has 0 aliphatic carbocycles. The number of aromatic nitrogens is 2. The summed E-state index contributed by atoms with van der Waals surface area (Å²) in [6, 6.07) is 14.5. The number of hydrogen-bond donors (Lipinski definition) is 1. The van der Waals surface area contributed by atoms with Gasteiger partial charge in [0.15, 0.2) is 5.84 Å². The van der Waals surface area contributed by atoms with Crippen LogP contribution < -0.4 is 10.2 Å². The van der Waals surface area contributed by atoms with E-state index in [4.69, 9.17) is 4.74 Å². The van der Waals surface area contributed by atoms with Crippen molar-refractivity contribution in [1.29, 1.82) is 0 Å². The monoisotopic (exact) mass is 373 g/mol. The van der Waals surface area contributed by atoms with Crippen molar-refractivity contribution >= 4 is 18.0 Å². The number of pyridine rings is 2. The Morgan fingerprint density at radius 1 is 1.07 bits per heavy atom. The van der Waals surface area contributed by atoms with Crippen LogP contribution in [-0.4, -0.2) is 34.5 Å². The van der Waals surface area contributed by atoms with Crippen LogP contribution in [0, 0.1) is 6.92 Å². The van der Waals surface area contributed by atoms with E-state index in [-0.39, 0.29) is 12.5 Å². The van der Waals surface area contributed by atoms with E-state index in [0.717, 1.165) is 11.1 Å². The Hall–Kier alpha value is -3.87. The number of aryl methyl sites for hydroxylation is 1. The molecule has 0 fully saturated rings. The largest absolute Gasteiger partial charge is 0.486 e. The molecule has 0 bridgehead atoms. The molecule has 0 aliphatic rings. The summed E-state index contributed by atoms with van der Waals surface area (Å²) >= 11 is 0. The highest BCUT2D eigenvalue weighted by atomic mass is 16.5. The van der Waals surface area contributed by atoms with Crippen LogP contribution >= 0.6 is 0 Å². The van der Waals surface area contributed by atoms with Gasteiger partial charge in [-0.25, -0.2) is 10.4 Å². The van der Waals surface area contributed by atoms with Gasteiger partial charge in [-0.3, -0.25) is 14.8 Å². The number of aliphatic imine (C=N–C) groups is 1. The lowest BCUT2D eigenvalue weighted by Gasteiger charge is -2.07. The molecule has 1 N–H and O–H groups in total. The molecule has 0 radical (unpaired) electrons. The summed E-state index contributed by atoms with van der Waals surface area (Å²) in [4.78, 5) is 24.4. The van der Waals surface area contributed by atoms with Crippen LogP contribution in [0.5, 0.6) is 5.75 Å². The number of ether oxygens (including phenoxy) is 1. The van der Waals surface area contributed by atoms with Gasteiger partial charge >= 0.3 is 0 Å². The fourth-order valence-corrected chi connectivity index (χ4v) is 2.23. The lowest BCUT2D eigenvalue weighted by molar-refractivity contribution is 0.0954. The van der Waals surface area contributed by atoms with Crippen molar-refractivity contribution in [2.24, 2.45) is 10.1 Å². The first-order valence-corrected chi connectivity index (χ1v) is 8.61. The van der Waals surface area contributed by atoms with Crippen molar-refractivity contribution in [3.63, 3.8) is 0 Å². The zero-order valence-electron chi connectivity index (χ0n) is 15.3. The summed E-state index contributed by atoms with van der Waals surface area (Å²) in [7, 11) is 0. The van der Waals surface area contributed by atoms with Crippen molar-refractivity contribution in [2.75, 3.05) is 6.61 Å². The molecular formula is C21H19N5O2. The molecular weight excluding hydrogens is 354 g/mol. The van der Waals surface area contributed by atoms with Crippen LogP contribution in [0.15, 0.2) is 83.4 Å². The third-order valence-corrected chi connectivity index (χ3v) is 3.66. The molecule has 0 saturated carbocycles. The Morgan fingerprint density at radius 3 is 2.50 bits per heavy atom. The Balaban J connectivity index is 1.73. The van der Waals surface area contributed by atoms with E-state index in [1.54, 1.807) is 43.1 Å². The van der Waals surface area contributed by atoms with E-state index >= 15 is 0 Å². The summed E-state index contributed by atoms with van der Waals surface area (Å²) in [5.41, 5.74) is 4.90. The molecule has 0 saturated heterocycles. The number of carbonyl (C=O) groups is 1. The second-order valence-corrected chi connectivity index (χ2v) is 5.85. The molecule has 0 atom stereocenters. The molecule has 2 aromatic heterocycles. The number of carbonyl (C=O) groups excluding carboxylic acids is 1. The Labute approximate surface area is 162 Å². The van der Waals surface area contributed by atoms with Crippen molar-refractivity contribution in [2.45, 2.75) is 6.92 Å². The lowest BCUT2D eigenvalue weighted by atomic mass is 10.2. The van der Waals surface area contributed by atoms with E-state index in [1.165, 1.54) is 0 Å². The summed E-state index contributed by atoms with van der Waals surface area (Å²) in [5.74, 6) is 0.669. The van der Waals surface area contributed by atoms with E-state index in [2.05, 4.69) is 25.5 Å². The number of amides is 1. The normalized spacial score (nSPS) is 11.4. The number of hydrazone groups is 1. The van der Waals surface area contributed by atoms with Gasteiger partial charge in [-0.2, -0.15) is 5.10 Å². The van der Waals surface area contributed by atoms with E-state index in [9.17, 15) is 4.79 Å². The fourth-order valence-electron chi connectivity index (χ4n) is 2.23. The van der Waals surface area contributed by atoms with Crippen LogP contribution in [-0.2, 0) is 0 Å². The molecule has 3 rings (SSSR count). The minimum absolute atomic E-state index is 0.0989. The molecule has 7 nitrogen and oxygen atoms in total. The Bertz CT molecular complexity index is 972. The third kappa shape index (κ3) is 5.84. The van der Waals surface area contributed by atoms with Gasteiger partial charge in [-0.15, -0.1) is 0 Å². The van der Waals surface area contributed by atoms with Gasteiger partial charge in [-0.05, 0) is 54.4 Å². The predicted octanol–water partition coefficient (Wildman–Crippen LogP) is 3.03. The van der Waals surface area contributed by atoms with E-state index < -0.39 is 0 Å². The molecule has 140 valence electrons. The summed E-state index contributed by atoms with van der Waals surface area (Å²) in [5, 5.41) is 4.11. The topological polar surface area (TPSA) is 88.8 Å². The molecule has 28 heavy (non-hydrogen) atoms. The molecule has 3 aromatic rings. The number of nitrogens with zero attached hydrogens (tertiary/aromatic N) is 4. The molecule has 0 aliphatic heterocycles. The molecule has 1 amide bonds. The number of amidine groups is 1. The SMILES string of the molecule is Cc1cccc(OC/C(N=Cc2ccncc2)=N/NC(=O)c2ccncc2)c1. The molecule has 2 heterocycles. The van der Waals surface area contributed by atoms with Gasteiger partial charge in [0, 0.05) is 36.6 Å². The van der Waals surface area contributed by atoms with Crippen LogP contribution in [0.25, 0.3) is 0 Å². The molecule has 0 unspecified atom stereocenters. The summed E-state index contributed by atoms with van der Waals surface area (Å²) < 4.78 is 5.76. The van der Waals surface area contributed by atoms with Gasteiger partial charge in [0.25, 0.3) is 5.91 Å². The van der Waals surface area contributed by atoms with Crippen molar-refractivity contribution in [1.82, 2.24) is 15.4 Å². The highest BCUT2D eigenvalue weighted by Gasteiger charge is 2.05. The Kier molecular flexibility index (Phi) is 6.57. The standard InChI is InChI=1S/C21H19N5O2/c1-16-3-2-4-19(13-16)28-15-20(24-14-17-5-9-22-10-6-17)25-26-21(27)18-7-11-23-12-8-18/h2-14H,15H2,1H3,(H,26,27)/b24-14?,25-20-. The highest BCUT2D eigenvalue weighted by Crippen LogP contribution is 2.12. The van der Waals surface area contributed by atoms with E-state index in [0.29, 0.717) is 17.1 Å².